The van der Waals surface area contributed by atoms with Gasteiger partial charge < -0.3 is 4.74 Å². The summed E-state index contributed by atoms with van der Waals surface area (Å²) in [6.07, 6.45) is 6.28. The molecule has 0 fully saturated rings. The second-order valence-electron chi connectivity index (χ2n) is 4.56. The topological polar surface area (TPSA) is 26.3 Å². The highest BCUT2D eigenvalue weighted by atomic mass is 16.5. The van der Waals surface area contributed by atoms with Crippen molar-refractivity contribution in [2.45, 2.75) is 19.3 Å². The number of benzene rings is 1. The summed E-state index contributed by atoms with van der Waals surface area (Å²) in [4.78, 5) is 11.9. The van der Waals surface area contributed by atoms with Crippen LogP contribution in [-0.2, 0) is 4.79 Å². The van der Waals surface area contributed by atoms with Crippen LogP contribution in [0.1, 0.15) is 24.8 Å². The molecule has 0 radical (unpaired) electrons. The van der Waals surface area contributed by atoms with Crippen molar-refractivity contribution < 1.29 is 9.53 Å². The standard InChI is InChI=1S/C16H18O2/c1-3-4-13-5-6-14(11-16(13)17)12-7-9-15(18-2)10-8-12/h3,7-11,13H,1,4-6H2,2H3. The number of hydrogen-bond acceptors (Lipinski definition) is 2. The van der Waals surface area contributed by atoms with Crippen LogP contribution < -0.4 is 4.74 Å². The molecule has 0 amide bonds. The van der Waals surface area contributed by atoms with Gasteiger partial charge in [0.2, 0.25) is 0 Å². The average molecular weight is 242 g/mol. The van der Waals surface area contributed by atoms with Crippen molar-refractivity contribution in [3.8, 4) is 5.75 Å². The van der Waals surface area contributed by atoms with Crippen molar-refractivity contribution in [2.24, 2.45) is 5.92 Å². The molecule has 0 aliphatic heterocycles. The van der Waals surface area contributed by atoms with Gasteiger partial charge in [-0.05, 0) is 48.6 Å². The molecule has 1 aliphatic rings. The molecular formula is C16H18O2. The van der Waals surface area contributed by atoms with Crippen LogP contribution in [0.4, 0.5) is 0 Å². The first-order chi connectivity index (χ1) is 8.74. The van der Waals surface area contributed by atoms with Crippen LogP contribution in [0.15, 0.2) is 43.0 Å². The average Bonchev–Trinajstić information content (AvgIpc) is 2.41. The van der Waals surface area contributed by atoms with E-state index in [-0.39, 0.29) is 11.7 Å². The summed E-state index contributed by atoms with van der Waals surface area (Å²) in [6.45, 7) is 3.70. The first kappa shape index (κ1) is 12.6. The second-order valence-corrected chi connectivity index (χ2v) is 4.56. The monoisotopic (exact) mass is 242 g/mol. The van der Waals surface area contributed by atoms with E-state index in [1.807, 2.05) is 30.3 Å². The minimum atomic E-state index is 0.129. The van der Waals surface area contributed by atoms with Crippen molar-refractivity contribution in [1.82, 2.24) is 0 Å². The smallest absolute Gasteiger partial charge is 0.159 e. The van der Waals surface area contributed by atoms with Crippen molar-refractivity contribution in [3.05, 3.63) is 48.6 Å². The number of allylic oxidation sites excluding steroid dienone is 3. The number of ether oxygens (including phenoxy) is 1. The lowest BCUT2D eigenvalue weighted by atomic mass is 9.84. The van der Waals surface area contributed by atoms with Gasteiger partial charge in [-0.3, -0.25) is 4.79 Å². The van der Waals surface area contributed by atoms with E-state index in [0.717, 1.165) is 36.1 Å². The number of ketones is 1. The first-order valence-electron chi connectivity index (χ1n) is 6.24. The molecule has 1 atom stereocenters. The lowest BCUT2D eigenvalue weighted by Crippen LogP contribution is -2.16. The van der Waals surface area contributed by atoms with E-state index >= 15 is 0 Å². The number of carbonyl (C=O) groups is 1. The maximum atomic E-state index is 11.9. The zero-order valence-electron chi connectivity index (χ0n) is 10.7. The Balaban J connectivity index is 2.16. The maximum absolute atomic E-state index is 11.9. The minimum Gasteiger partial charge on any atom is -0.497 e. The lowest BCUT2D eigenvalue weighted by molar-refractivity contribution is -0.118. The van der Waals surface area contributed by atoms with Gasteiger partial charge in [-0.1, -0.05) is 18.2 Å². The first-order valence-corrected chi connectivity index (χ1v) is 6.24. The van der Waals surface area contributed by atoms with Gasteiger partial charge in [0.05, 0.1) is 7.11 Å². The predicted octanol–water partition coefficient (Wildman–Crippen LogP) is 3.63. The predicted molar refractivity (Wildman–Crippen MR) is 73.5 cm³/mol. The van der Waals surface area contributed by atoms with Crippen LogP contribution in [0.3, 0.4) is 0 Å². The molecule has 0 N–H and O–H groups in total. The van der Waals surface area contributed by atoms with Crippen LogP contribution in [0, 0.1) is 5.92 Å². The number of carbonyl (C=O) groups excluding carboxylic acids is 1. The summed E-state index contributed by atoms with van der Waals surface area (Å²) in [7, 11) is 1.65. The Morgan fingerprint density at radius 1 is 1.39 bits per heavy atom. The molecule has 1 aliphatic carbocycles. The number of rotatable bonds is 4. The third kappa shape index (κ3) is 2.70. The molecule has 0 aromatic heterocycles. The van der Waals surface area contributed by atoms with Gasteiger partial charge in [-0.15, -0.1) is 6.58 Å². The molecular weight excluding hydrogens is 224 g/mol. The van der Waals surface area contributed by atoms with Crippen LogP contribution in [0.25, 0.3) is 5.57 Å². The van der Waals surface area contributed by atoms with E-state index in [9.17, 15) is 4.79 Å². The van der Waals surface area contributed by atoms with Crippen LogP contribution >= 0.6 is 0 Å². The van der Waals surface area contributed by atoms with Gasteiger partial charge in [-0.25, -0.2) is 0 Å². The van der Waals surface area contributed by atoms with Gasteiger partial charge in [0, 0.05) is 5.92 Å². The zero-order valence-corrected chi connectivity index (χ0v) is 10.7. The highest BCUT2D eigenvalue weighted by Crippen LogP contribution is 2.30. The molecule has 94 valence electrons. The second kappa shape index (κ2) is 5.67. The Labute approximate surface area is 108 Å². The Morgan fingerprint density at radius 2 is 2.11 bits per heavy atom. The van der Waals surface area contributed by atoms with Crippen molar-refractivity contribution in [3.63, 3.8) is 0 Å². The third-order valence-corrected chi connectivity index (χ3v) is 3.39. The quantitative estimate of drug-likeness (QED) is 0.753. The molecule has 0 saturated carbocycles. The minimum absolute atomic E-state index is 0.129. The molecule has 1 aromatic carbocycles. The van der Waals surface area contributed by atoms with E-state index < -0.39 is 0 Å². The molecule has 18 heavy (non-hydrogen) atoms. The molecule has 1 unspecified atom stereocenters. The fraction of sp³-hybridized carbons (Fsp3) is 0.312. The van der Waals surface area contributed by atoms with Gasteiger partial charge in [0.15, 0.2) is 5.78 Å². The molecule has 0 saturated heterocycles. The van der Waals surface area contributed by atoms with E-state index in [1.165, 1.54) is 0 Å². The highest BCUT2D eigenvalue weighted by molar-refractivity contribution is 6.00. The SMILES string of the molecule is C=CCC1CCC(c2ccc(OC)cc2)=CC1=O. The van der Waals surface area contributed by atoms with E-state index in [0.29, 0.717) is 0 Å². The molecule has 2 rings (SSSR count). The van der Waals surface area contributed by atoms with Crippen LogP contribution in [0.2, 0.25) is 0 Å². The van der Waals surface area contributed by atoms with Gasteiger partial charge in [0.25, 0.3) is 0 Å². The third-order valence-electron chi connectivity index (χ3n) is 3.39. The van der Waals surface area contributed by atoms with Gasteiger partial charge >= 0.3 is 0 Å². The summed E-state index contributed by atoms with van der Waals surface area (Å²) in [5, 5.41) is 0. The van der Waals surface area contributed by atoms with Crippen molar-refractivity contribution in [1.29, 1.82) is 0 Å². The summed E-state index contributed by atoms with van der Waals surface area (Å²) >= 11 is 0. The lowest BCUT2D eigenvalue weighted by Gasteiger charge is -2.19. The summed E-state index contributed by atoms with van der Waals surface area (Å²) < 4.78 is 5.13. The Kier molecular flexibility index (Phi) is 3.98. The fourth-order valence-electron chi connectivity index (χ4n) is 2.30. The molecule has 1 aromatic rings. The zero-order chi connectivity index (χ0) is 13.0. The summed E-state index contributed by atoms with van der Waals surface area (Å²) in [5.74, 6) is 1.20. The van der Waals surface area contributed by atoms with Crippen LogP contribution in [0.5, 0.6) is 5.75 Å². The summed E-state index contributed by atoms with van der Waals surface area (Å²) in [6, 6.07) is 7.87. The van der Waals surface area contributed by atoms with Crippen molar-refractivity contribution >= 4 is 11.4 Å². The van der Waals surface area contributed by atoms with Gasteiger partial charge in [0.1, 0.15) is 5.75 Å². The number of methoxy groups -OCH3 is 1. The molecule has 0 bridgehead atoms. The molecule has 0 spiro atoms. The van der Waals surface area contributed by atoms with Gasteiger partial charge in [-0.2, -0.15) is 0 Å². The van der Waals surface area contributed by atoms with Crippen molar-refractivity contribution in [2.75, 3.05) is 7.11 Å². The molecule has 0 heterocycles. The molecule has 2 nitrogen and oxygen atoms in total. The number of hydrogen-bond donors (Lipinski definition) is 0. The molecule has 2 heteroatoms. The maximum Gasteiger partial charge on any atom is 0.159 e. The summed E-state index contributed by atoms with van der Waals surface area (Å²) in [5.41, 5.74) is 2.24. The Bertz CT molecular complexity index is 468. The Hall–Kier alpha value is -1.83. The Morgan fingerprint density at radius 3 is 2.67 bits per heavy atom. The van der Waals surface area contributed by atoms with E-state index in [1.54, 1.807) is 13.2 Å². The highest BCUT2D eigenvalue weighted by Gasteiger charge is 2.21. The van der Waals surface area contributed by atoms with Crippen LogP contribution in [-0.4, -0.2) is 12.9 Å². The van der Waals surface area contributed by atoms with E-state index in [2.05, 4.69) is 6.58 Å². The van der Waals surface area contributed by atoms with E-state index in [4.69, 9.17) is 4.74 Å². The largest absolute Gasteiger partial charge is 0.497 e. The normalized spacial score (nSPS) is 19.3. The fourth-order valence-corrected chi connectivity index (χ4v) is 2.30.